The molecule has 0 saturated heterocycles. The Hall–Kier alpha value is -1.22. The van der Waals surface area contributed by atoms with Crippen molar-refractivity contribution >= 4 is 5.78 Å². The van der Waals surface area contributed by atoms with E-state index in [2.05, 4.69) is 0 Å². The highest BCUT2D eigenvalue weighted by molar-refractivity contribution is 5.88. The quantitative estimate of drug-likeness (QED) is 0.826. The number of ketones is 1. The molecule has 0 heterocycles. The van der Waals surface area contributed by atoms with Crippen molar-refractivity contribution in [2.45, 2.75) is 32.3 Å². The van der Waals surface area contributed by atoms with Gasteiger partial charge in [0, 0.05) is 6.42 Å². The predicted octanol–water partition coefficient (Wildman–Crippen LogP) is 2.10. The van der Waals surface area contributed by atoms with E-state index in [9.17, 15) is 14.3 Å². The number of aliphatic hydroxyl groups is 1. The van der Waals surface area contributed by atoms with E-state index in [4.69, 9.17) is 0 Å². The van der Waals surface area contributed by atoms with Crippen LogP contribution in [0.5, 0.6) is 0 Å². The van der Waals surface area contributed by atoms with E-state index < -0.39 is 11.4 Å². The maximum absolute atomic E-state index is 13.2. The fraction of sp³-hybridized carbons (Fsp3) is 0.417. The van der Waals surface area contributed by atoms with Crippen molar-refractivity contribution in [3.05, 3.63) is 35.6 Å². The first-order valence-electron chi connectivity index (χ1n) is 4.96. The van der Waals surface area contributed by atoms with E-state index in [1.54, 1.807) is 25.1 Å². The third-order valence-corrected chi connectivity index (χ3v) is 2.60. The van der Waals surface area contributed by atoms with Crippen LogP contribution in [0.4, 0.5) is 4.39 Å². The number of benzene rings is 1. The highest BCUT2D eigenvalue weighted by Gasteiger charge is 2.27. The van der Waals surface area contributed by atoms with E-state index >= 15 is 0 Å². The van der Waals surface area contributed by atoms with Gasteiger partial charge in [0.1, 0.15) is 11.4 Å². The van der Waals surface area contributed by atoms with Crippen LogP contribution in [0.25, 0.3) is 0 Å². The van der Waals surface area contributed by atoms with Crippen LogP contribution < -0.4 is 0 Å². The molecule has 1 aromatic carbocycles. The highest BCUT2D eigenvalue weighted by Crippen LogP contribution is 2.15. The van der Waals surface area contributed by atoms with Gasteiger partial charge in [-0.2, -0.15) is 0 Å². The molecule has 15 heavy (non-hydrogen) atoms. The van der Waals surface area contributed by atoms with E-state index in [0.29, 0.717) is 12.0 Å². The Kier molecular flexibility index (Phi) is 3.58. The second kappa shape index (κ2) is 4.53. The zero-order valence-corrected chi connectivity index (χ0v) is 8.96. The van der Waals surface area contributed by atoms with Crippen LogP contribution in [0.2, 0.25) is 0 Å². The Bertz CT molecular complexity index is 358. The van der Waals surface area contributed by atoms with Gasteiger partial charge in [-0.15, -0.1) is 0 Å². The van der Waals surface area contributed by atoms with Crippen molar-refractivity contribution in [1.29, 1.82) is 0 Å². The van der Waals surface area contributed by atoms with Gasteiger partial charge in [0.25, 0.3) is 0 Å². The molecule has 0 radical (unpaired) electrons. The molecule has 2 nitrogen and oxygen atoms in total. The SMILES string of the molecule is CCC(C)(O)C(=O)Cc1ccccc1F. The van der Waals surface area contributed by atoms with Gasteiger partial charge in [-0.1, -0.05) is 25.1 Å². The number of rotatable bonds is 4. The fourth-order valence-corrected chi connectivity index (χ4v) is 1.20. The van der Waals surface area contributed by atoms with Crippen LogP contribution in [0.1, 0.15) is 25.8 Å². The molecule has 3 heteroatoms. The molecular weight excluding hydrogens is 195 g/mol. The van der Waals surface area contributed by atoms with Crippen molar-refractivity contribution in [2.75, 3.05) is 0 Å². The Morgan fingerprint density at radius 2 is 2.07 bits per heavy atom. The summed E-state index contributed by atoms with van der Waals surface area (Å²) in [5.41, 5.74) is -1.03. The van der Waals surface area contributed by atoms with Gasteiger partial charge in [-0.3, -0.25) is 4.79 Å². The number of hydrogen-bond donors (Lipinski definition) is 1. The number of hydrogen-bond acceptors (Lipinski definition) is 2. The van der Waals surface area contributed by atoms with E-state index in [-0.39, 0.29) is 12.2 Å². The van der Waals surface area contributed by atoms with Crippen LogP contribution in [-0.4, -0.2) is 16.5 Å². The summed E-state index contributed by atoms with van der Waals surface area (Å²) in [5, 5.41) is 9.67. The molecule has 0 aliphatic rings. The Morgan fingerprint density at radius 1 is 1.47 bits per heavy atom. The molecule has 0 amide bonds. The summed E-state index contributed by atoms with van der Waals surface area (Å²) in [6, 6.07) is 6.11. The number of Topliss-reactive ketones (excluding diaryl/α,β-unsaturated/α-hetero) is 1. The van der Waals surface area contributed by atoms with Crippen molar-refractivity contribution in [1.82, 2.24) is 0 Å². The van der Waals surface area contributed by atoms with Gasteiger partial charge in [0.2, 0.25) is 0 Å². The topological polar surface area (TPSA) is 37.3 Å². The number of carbonyl (C=O) groups excluding carboxylic acids is 1. The van der Waals surface area contributed by atoms with Crippen molar-refractivity contribution in [3.63, 3.8) is 0 Å². The third kappa shape index (κ3) is 2.86. The zero-order valence-electron chi connectivity index (χ0n) is 8.96. The Morgan fingerprint density at radius 3 is 2.60 bits per heavy atom. The monoisotopic (exact) mass is 210 g/mol. The molecule has 0 aliphatic heterocycles. The molecule has 1 N–H and O–H groups in total. The summed E-state index contributed by atoms with van der Waals surface area (Å²) in [6.07, 6.45) is 0.272. The van der Waals surface area contributed by atoms with Crippen LogP contribution in [0.3, 0.4) is 0 Å². The van der Waals surface area contributed by atoms with Gasteiger partial charge < -0.3 is 5.11 Å². The van der Waals surface area contributed by atoms with Crippen LogP contribution in [-0.2, 0) is 11.2 Å². The van der Waals surface area contributed by atoms with Crippen molar-refractivity contribution in [3.8, 4) is 0 Å². The zero-order chi connectivity index (χ0) is 11.5. The van der Waals surface area contributed by atoms with Crippen LogP contribution in [0, 0.1) is 5.82 Å². The minimum absolute atomic E-state index is 0.0620. The second-order valence-corrected chi connectivity index (χ2v) is 3.82. The van der Waals surface area contributed by atoms with Crippen LogP contribution in [0.15, 0.2) is 24.3 Å². The molecule has 1 rings (SSSR count). The molecule has 0 bridgehead atoms. The lowest BCUT2D eigenvalue weighted by Crippen LogP contribution is -2.35. The van der Waals surface area contributed by atoms with Crippen molar-refractivity contribution in [2.24, 2.45) is 0 Å². The second-order valence-electron chi connectivity index (χ2n) is 3.82. The molecule has 1 atom stereocenters. The normalized spacial score (nSPS) is 14.7. The van der Waals surface area contributed by atoms with Gasteiger partial charge in [-0.25, -0.2) is 4.39 Å². The van der Waals surface area contributed by atoms with Gasteiger partial charge in [-0.05, 0) is 25.0 Å². The lowest BCUT2D eigenvalue weighted by atomic mass is 9.93. The first kappa shape index (κ1) is 11.9. The summed E-state index contributed by atoms with van der Waals surface area (Å²) in [5.74, 6) is -0.757. The standard InChI is InChI=1S/C12H15FO2/c1-3-12(2,15)11(14)8-9-6-4-5-7-10(9)13/h4-7,15H,3,8H2,1-2H3. The van der Waals surface area contributed by atoms with Gasteiger partial charge in [0.15, 0.2) is 5.78 Å². The van der Waals surface area contributed by atoms with E-state index in [1.807, 2.05) is 0 Å². The maximum Gasteiger partial charge on any atom is 0.168 e. The maximum atomic E-state index is 13.2. The lowest BCUT2D eigenvalue weighted by molar-refractivity contribution is -0.135. The van der Waals surface area contributed by atoms with Crippen LogP contribution >= 0.6 is 0 Å². The van der Waals surface area contributed by atoms with Crippen molar-refractivity contribution < 1.29 is 14.3 Å². The molecular formula is C12H15FO2. The summed E-state index contributed by atoms with van der Waals surface area (Å²) in [6.45, 7) is 3.18. The average Bonchev–Trinajstić information content (AvgIpc) is 2.21. The Labute approximate surface area is 88.7 Å². The van der Waals surface area contributed by atoms with E-state index in [0.717, 1.165) is 0 Å². The van der Waals surface area contributed by atoms with E-state index in [1.165, 1.54) is 13.0 Å². The molecule has 0 spiro atoms. The number of carbonyl (C=O) groups is 1. The molecule has 82 valence electrons. The fourth-order valence-electron chi connectivity index (χ4n) is 1.20. The van der Waals surface area contributed by atoms with Gasteiger partial charge >= 0.3 is 0 Å². The molecule has 1 unspecified atom stereocenters. The number of halogens is 1. The molecule has 0 aliphatic carbocycles. The minimum Gasteiger partial charge on any atom is -0.382 e. The predicted molar refractivity (Wildman–Crippen MR) is 56.0 cm³/mol. The summed E-state index contributed by atoms with van der Waals surface area (Å²) >= 11 is 0. The summed E-state index contributed by atoms with van der Waals surface area (Å²) in [7, 11) is 0. The minimum atomic E-state index is -1.36. The largest absolute Gasteiger partial charge is 0.382 e. The van der Waals surface area contributed by atoms with Gasteiger partial charge in [0.05, 0.1) is 0 Å². The average molecular weight is 210 g/mol. The Balaban J connectivity index is 2.80. The first-order chi connectivity index (χ1) is 6.97. The molecule has 0 saturated carbocycles. The molecule has 1 aromatic rings. The highest BCUT2D eigenvalue weighted by atomic mass is 19.1. The first-order valence-corrected chi connectivity index (χ1v) is 4.96. The smallest absolute Gasteiger partial charge is 0.168 e. The third-order valence-electron chi connectivity index (χ3n) is 2.60. The summed E-state index contributed by atoms with van der Waals surface area (Å²) < 4.78 is 13.2. The molecule has 0 aromatic heterocycles. The summed E-state index contributed by atoms with van der Waals surface area (Å²) in [4.78, 5) is 11.6. The molecule has 0 fully saturated rings. The lowest BCUT2D eigenvalue weighted by Gasteiger charge is -2.19.